The summed E-state index contributed by atoms with van der Waals surface area (Å²) in [4.78, 5) is 147. The highest BCUT2D eigenvalue weighted by atomic mass is 32.2. The normalized spacial score (nSPS) is 23.3. The van der Waals surface area contributed by atoms with Crippen LogP contribution in [0.5, 0.6) is 5.75 Å². The SMILES string of the molecule is CC[C@H](C)[C@@H]1NC(=O)[C@H](Cc2ccc(OC)cc2)NC(=O)CCCSC[C@@H](C(=O)N2CCC[C@H]2C(=O)N[C@@H](CC(C)C)C(=O)NCC(N)=O)NC(=O)C[C@H](C(=O)O)NC(=O)[C@H](CCC(N)=O)NC1=O. The minimum absolute atomic E-state index is 0.00522. The van der Waals surface area contributed by atoms with Crippen molar-refractivity contribution in [1.82, 2.24) is 42.1 Å². The molecule has 0 unspecified atom stereocenters. The van der Waals surface area contributed by atoms with Crippen LogP contribution in [0.25, 0.3) is 0 Å². The van der Waals surface area contributed by atoms with Crippen LogP contribution in [-0.2, 0) is 59.2 Å². The number of hydrogen-bond acceptors (Lipinski definition) is 13. The number of carboxylic acids is 1. The number of carboxylic acid groups (broad SMARTS) is 1. The zero-order chi connectivity index (χ0) is 51.4. The molecule has 0 aliphatic carbocycles. The van der Waals surface area contributed by atoms with Gasteiger partial charge in [-0.25, -0.2) is 4.79 Å². The summed E-state index contributed by atoms with van der Waals surface area (Å²) < 4.78 is 5.25. The smallest absolute Gasteiger partial charge is 0.326 e. The second-order valence-electron chi connectivity index (χ2n) is 17.6. The van der Waals surface area contributed by atoms with Gasteiger partial charge in [0.25, 0.3) is 0 Å². The first kappa shape index (κ1) is 56.9. The van der Waals surface area contributed by atoms with E-state index in [0.717, 1.165) is 0 Å². The fourth-order valence-corrected chi connectivity index (χ4v) is 8.62. The van der Waals surface area contributed by atoms with Crippen LogP contribution in [-0.4, -0.2) is 149 Å². The maximum Gasteiger partial charge on any atom is 0.326 e. The Morgan fingerprint density at radius 2 is 1.54 bits per heavy atom. The maximum absolute atomic E-state index is 14.3. The minimum Gasteiger partial charge on any atom is -0.497 e. The predicted molar refractivity (Wildman–Crippen MR) is 251 cm³/mol. The van der Waals surface area contributed by atoms with Gasteiger partial charge in [0.2, 0.25) is 59.1 Å². The van der Waals surface area contributed by atoms with E-state index in [1.807, 2.05) is 13.8 Å². The number of thioether (sulfide) groups is 1. The number of nitrogens with one attached hydrogen (secondary N) is 7. The van der Waals surface area contributed by atoms with Crippen LogP contribution < -0.4 is 53.4 Å². The Morgan fingerprint density at radius 1 is 0.855 bits per heavy atom. The molecule has 0 radical (unpaired) electrons. The van der Waals surface area contributed by atoms with E-state index >= 15 is 0 Å². The number of carbonyl (C=O) groups is 11. The molecule has 1 aromatic rings. The molecule has 382 valence electrons. The van der Waals surface area contributed by atoms with Crippen LogP contribution >= 0.6 is 11.8 Å². The van der Waals surface area contributed by atoms with Crippen LogP contribution in [0.15, 0.2) is 24.3 Å². The number of nitrogens with two attached hydrogens (primary N) is 2. The largest absolute Gasteiger partial charge is 0.497 e. The summed E-state index contributed by atoms with van der Waals surface area (Å²) in [5.41, 5.74) is 11.2. The lowest BCUT2D eigenvalue weighted by atomic mass is 9.96. The molecule has 23 nitrogen and oxygen atoms in total. The van der Waals surface area contributed by atoms with Crippen LogP contribution in [0.3, 0.4) is 0 Å². The van der Waals surface area contributed by atoms with Gasteiger partial charge >= 0.3 is 5.97 Å². The molecule has 12 N–H and O–H groups in total. The number of methoxy groups -OCH3 is 1. The van der Waals surface area contributed by atoms with Crippen molar-refractivity contribution in [3.05, 3.63) is 29.8 Å². The first-order valence-electron chi connectivity index (χ1n) is 23.0. The number of rotatable bonds is 17. The zero-order valence-electron chi connectivity index (χ0n) is 39.8. The minimum atomic E-state index is -1.91. The summed E-state index contributed by atoms with van der Waals surface area (Å²) in [6.07, 6.45) is -0.398. The first-order chi connectivity index (χ1) is 32.6. The van der Waals surface area contributed by atoms with Crippen molar-refractivity contribution in [3.8, 4) is 5.75 Å². The molecule has 10 amide bonds. The lowest BCUT2D eigenvalue weighted by Gasteiger charge is -2.30. The van der Waals surface area contributed by atoms with Crippen molar-refractivity contribution in [3.63, 3.8) is 0 Å². The summed E-state index contributed by atoms with van der Waals surface area (Å²) >= 11 is 1.18. The van der Waals surface area contributed by atoms with Crippen LogP contribution in [0, 0.1) is 11.8 Å². The highest BCUT2D eigenvalue weighted by Crippen LogP contribution is 2.22. The molecule has 3 rings (SSSR count). The standard InChI is InChI=1S/C45H68N10O13S/c1-6-25(4)38-43(64)51-28(15-16-34(46)56)40(61)53-31(45(66)67)21-37(59)50-32(23-69-18-8-10-36(58)49-30(41(62)54-38)20-26-11-13-27(68-5)14-12-26)44(65)55-17-7-9-33(55)42(63)52-29(19-24(2)3)39(60)48-22-35(47)57/h11-14,24-25,28-33,38H,6-10,15-23H2,1-5H3,(H2,46,56)(H2,47,57)(H,48,60)(H,49,58)(H,50,59)(H,51,64)(H,52,63)(H,53,61)(H,54,62)(H,66,67)/t25-,28-,29-,30-,31+,32-,33-,38-/m0/s1. The van der Waals surface area contributed by atoms with Crippen molar-refractivity contribution >= 4 is 76.8 Å². The molecule has 8 atom stereocenters. The van der Waals surface area contributed by atoms with Gasteiger partial charge in [-0.15, -0.1) is 0 Å². The number of carbonyl (C=O) groups excluding carboxylic acids is 10. The molecule has 1 aromatic carbocycles. The molecule has 0 spiro atoms. The molecule has 69 heavy (non-hydrogen) atoms. The summed E-state index contributed by atoms with van der Waals surface area (Å²) in [5.74, 6) is -9.33. The third-order valence-corrected chi connectivity index (χ3v) is 12.7. The van der Waals surface area contributed by atoms with Gasteiger partial charge < -0.3 is 63.4 Å². The summed E-state index contributed by atoms with van der Waals surface area (Å²) in [6.45, 7) is 6.72. The van der Waals surface area contributed by atoms with Gasteiger partial charge in [-0.1, -0.05) is 46.2 Å². The summed E-state index contributed by atoms with van der Waals surface area (Å²) in [5, 5.41) is 28.0. The molecule has 2 saturated heterocycles. The maximum atomic E-state index is 14.3. The first-order valence-corrected chi connectivity index (χ1v) is 24.2. The number of hydrogen-bond donors (Lipinski definition) is 10. The van der Waals surface area contributed by atoms with E-state index in [9.17, 15) is 57.8 Å². The number of nitrogens with zero attached hydrogens (tertiary/aromatic N) is 1. The van der Waals surface area contributed by atoms with Crippen LogP contribution in [0.2, 0.25) is 0 Å². The molecule has 0 saturated carbocycles. The van der Waals surface area contributed by atoms with Gasteiger partial charge in [-0.2, -0.15) is 11.8 Å². The van der Waals surface area contributed by atoms with Crippen LogP contribution in [0.1, 0.15) is 91.0 Å². The Morgan fingerprint density at radius 3 is 2.14 bits per heavy atom. The number of aliphatic carboxylic acids is 1. The van der Waals surface area contributed by atoms with Gasteiger partial charge in [0.15, 0.2) is 0 Å². The molecule has 2 aliphatic heterocycles. The summed E-state index contributed by atoms with van der Waals surface area (Å²) in [6, 6.07) is -2.68. The van der Waals surface area contributed by atoms with Crippen molar-refractivity contribution in [2.75, 3.05) is 31.7 Å². The van der Waals surface area contributed by atoms with Gasteiger partial charge in [-0.3, -0.25) is 47.9 Å². The monoisotopic (exact) mass is 988 g/mol. The highest BCUT2D eigenvalue weighted by molar-refractivity contribution is 7.99. The fraction of sp³-hybridized carbons (Fsp3) is 0.622. The molecule has 2 heterocycles. The molecular formula is C45H68N10O13S. The number of primary amides is 2. The van der Waals surface area contributed by atoms with Gasteiger partial charge in [-0.05, 0) is 67.4 Å². The Hall–Kier alpha value is -6.46. The van der Waals surface area contributed by atoms with E-state index in [0.29, 0.717) is 24.2 Å². The zero-order valence-corrected chi connectivity index (χ0v) is 40.6. The molecular weight excluding hydrogens is 921 g/mol. The van der Waals surface area contributed by atoms with Crippen molar-refractivity contribution in [1.29, 1.82) is 0 Å². The van der Waals surface area contributed by atoms with Crippen molar-refractivity contribution in [2.24, 2.45) is 23.3 Å². The summed E-state index contributed by atoms with van der Waals surface area (Å²) in [7, 11) is 1.49. The third-order valence-electron chi connectivity index (χ3n) is 11.6. The average molecular weight is 989 g/mol. The van der Waals surface area contributed by atoms with E-state index in [4.69, 9.17) is 16.2 Å². The fourth-order valence-electron chi connectivity index (χ4n) is 7.64. The third kappa shape index (κ3) is 18.9. The molecule has 24 heteroatoms. The van der Waals surface area contributed by atoms with Crippen molar-refractivity contribution < 1.29 is 62.6 Å². The van der Waals surface area contributed by atoms with Crippen LogP contribution in [0.4, 0.5) is 0 Å². The topological polar surface area (TPSA) is 357 Å². The predicted octanol–water partition coefficient (Wildman–Crippen LogP) is -1.90. The second-order valence-corrected chi connectivity index (χ2v) is 18.7. The van der Waals surface area contributed by atoms with E-state index < -0.39 is 139 Å². The molecule has 2 aliphatic rings. The van der Waals surface area contributed by atoms with E-state index in [2.05, 4.69) is 37.2 Å². The Balaban J connectivity index is 1.98. The number of benzene rings is 1. The van der Waals surface area contributed by atoms with Gasteiger partial charge in [0.05, 0.1) is 20.1 Å². The molecule has 0 bridgehead atoms. The molecule has 0 aromatic heterocycles. The highest BCUT2D eigenvalue weighted by Gasteiger charge is 2.40. The van der Waals surface area contributed by atoms with E-state index in [1.165, 1.54) is 23.8 Å². The Kier molecular flexibility index (Phi) is 23.2. The van der Waals surface area contributed by atoms with Gasteiger partial charge in [0, 0.05) is 31.6 Å². The van der Waals surface area contributed by atoms with E-state index in [-0.39, 0.29) is 56.1 Å². The van der Waals surface area contributed by atoms with Gasteiger partial charge in [0.1, 0.15) is 48.0 Å². The number of amides is 10. The number of ether oxygens (including phenoxy) is 1. The quantitative estimate of drug-likeness (QED) is 0.0816. The second kappa shape index (κ2) is 28.1. The van der Waals surface area contributed by atoms with Crippen molar-refractivity contribution in [2.45, 2.75) is 134 Å². The Bertz CT molecular complexity index is 2020. The lowest BCUT2D eigenvalue weighted by Crippen LogP contribution is -2.60. The number of likely N-dealkylation sites (tertiary alicyclic amines) is 1. The Labute approximate surface area is 405 Å². The van der Waals surface area contributed by atoms with E-state index in [1.54, 1.807) is 38.1 Å². The lowest BCUT2D eigenvalue weighted by molar-refractivity contribution is -0.145. The average Bonchev–Trinajstić information content (AvgIpc) is 3.79. The molecule has 2 fully saturated rings.